The van der Waals surface area contributed by atoms with E-state index < -0.39 is 11.8 Å². The van der Waals surface area contributed by atoms with Crippen LogP contribution in [0.25, 0.3) is 0 Å². The second-order valence-electron chi connectivity index (χ2n) is 4.19. The Balaban J connectivity index is 2.33. The third-order valence-corrected chi connectivity index (χ3v) is 3.89. The van der Waals surface area contributed by atoms with Crippen LogP contribution in [-0.4, -0.2) is 27.9 Å². The van der Waals surface area contributed by atoms with E-state index in [4.69, 9.17) is 17.3 Å². The maximum absolute atomic E-state index is 12.3. The Kier molecular flexibility index (Phi) is 4.54. The second-order valence-corrected chi connectivity index (χ2v) is 5.48. The van der Waals surface area contributed by atoms with Crippen molar-refractivity contribution < 1.29 is 9.59 Å². The van der Waals surface area contributed by atoms with Gasteiger partial charge < -0.3 is 11.1 Å². The first-order valence-corrected chi connectivity index (χ1v) is 7.51. The van der Waals surface area contributed by atoms with Gasteiger partial charge in [0, 0.05) is 11.9 Å². The molecule has 0 bridgehead atoms. The van der Waals surface area contributed by atoms with Gasteiger partial charge in [-0.05, 0) is 24.5 Å². The molecular weight excluding hydrogens is 312 g/mol. The molecule has 8 heteroatoms. The Morgan fingerprint density at radius 2 is 2.14 bits per heavy atom. The molecule has 2 aromatic rings. The number of carbonyl (C=O) groups is 2. The van der Waals surface area contributed by atoms with Gasteiger partial charge in [0.05, 0.1) is 22.5 Å². The zero-order chi connectivity index (χ0) is 15.6. The van der Waals surface area contributed by atoms with Gasteiger partial charge in [-0.2, -0.15) is 5.10 Å². The minimum absolute atomic E-state index is 0.125. The predicted octanol–water partition coefficient (Wildman–Crippen LogP) is 2.15. The number of nitrogens with zero attached hydrogens (tertiary/aromatic N) is 2. The zero-order valence-corrected chi connectivity index (χ0v) is 13.0. The lowest BCUT2D eigenvalue weighted by molar-refractivity contribution is 0.0992. The summed E-state index contributed by atoms with van der Waals surface area (Å²) in [4.78, 5) is 24.6. The minimum atomic E-state index is -0.672. The van der Waals surface area contributed by atoms with Crippen molar-refractivity contribution in [3.05, 3.63) is 40.7 Å². The summed E-state index contributed by atoms with van der Waals surface area (Å²) < 4.78 is 1.30. The fraction of sp³-hybridized carbons (Fsp3) is 0.154. The molecule has 0 spiro atoms. The van der Waals surface area contributed by atoms with Crippen molar-refractivity contribution in [3.8, 4) is 0 Å². The summed E-state index contributed by atoms with van der Waals surface area (Å²) in [6.45, 7) is 0. The van der Waals surface area contributed by atoms with Crippen molar-refractivity contribution >= 4 is 40.9 Å². The van der Waals surface area contributed by atoms with Crippen molar-refractivity contribution in [2.75, 3.05) is 11.6 Å². The highest BCUT2D eigenvalue weighted by Crippen LogP contribution is 2.24. The standard InChI is InChI=1S/C13H13ClN4O2S/c1-18-11(12(15)19)10(6-16-18)17-13(20)8-5-7(21-2)3-4-9(8)14/h3-6H,1-2H3,(H2,15,19)(H,17,20). The summed E-state index contributed by atoms with van der Waals surface area (Å²) in [5.74, 6) is -1.10. The molecule has 6 nitrogen and oxygen atoms in total. The van der Waals surface area contributed by atoms with E-state index in [-0.39, 0.29) is 11.4 Å². The van der Waals surface area contributed by atoms with Crippen LogP contribution in [0, 0.1) is 0 Å². The van der Waals surface area contributed by atoms with Crippen molar-refractivity contribution in [1.29, 1.82) is 0 Å². The lowest BCUT2D eigenvalue weighted by Gasteiger charge is -2.08. The first-order chi connectivity index (χ1) is 9.93. The number of thioether (sulfide) groups is 1. The number of carbonyl (C=O) groups excluding carboxylic acids is 2. The van der Waals surface area contributed by atoms with E-state index >= 15 is 0 Å². The van der Waals surface area contributed by atoms with Gasteiger partial charge in [-0.1, -0.05) is 11.6 Å². The lowest BCUT2D eigenvalue weighted by atomic mass is 10.2. The van der Waals surface area contributed by atoms with Crippen LogP contribution >= 0.6 is 23.4 Å². The molecule has 0 saturated heterocycles. The van der Waals surface area contributed by atoms with E-state index in [0.29, 0.717) is 10.6 Å². The van der Waals surface area contributed by atoms with Gasteiger partial charge in [-0.25, -0.2) is 0 Å². The van der Waals surface area contributed by atoms with Crippen LogP contribution in [0.4, 0.5) is 5.69 Å². The van der Waals surface area contributed by atoms with Gasteiger partial charge in [-0.15, -0.1) is 11.8 Å². The van der Waals surface area contributed by atoms with Crippen LogP contribution in [-0.2, 0) is 7.05 Å². The molecule has 0 saturated carbocycles. The minimum Gasteiger partial charge on any atom is -0.364 e. The Hall–Kier alpha value is -1.99. The zero-order valence-electron chi connectivity index (χ0n) is 11.4. The summed E-state index contributed by atoms with van der Waals surface area (Å²) in [7, 11) is 1.57. The average molecular weight is 325 g/mol. The Morgan fingerprint density at radius 3 is 2.76 bits per heavy atom. The maximum atomic E-state index is 12.3. The van der Waals surface area contributed by atoms with E-state index in [0.717, 1.165) is 4.90 Å². The highest BCUT2D eigenvalue weighted by Gasteiger charge is 2.18. The van der Waals surface area contributed by atoms with Crippen molar-refractivity contribution in [1.82, 2.24) is 9.78 Å². The monoisotopic (exact) mass is 324 g/mol. The van der Waals surface area contributed by atoms with E-state index in [1.54, 1.807) is 19.2 Å². The van der Waals surface area contributed by atoms with Crippen LogP contribution < -0.4 is 11.1 Å². The van der Waals surface area contributed by atoms with Crippen molar-refractivity contribution in [2.45, 2.75) is 4.90 Å². The number of rotatable bonds is 4. The van der Waals surface area contributed by atoms with Gasteiger partial charge in [-0.3, -0.25) is 14.3 Å². The number of amides is 2. The highest BCUT2D eigenvalue weighted by atomic mass is 35.5. The number of benzene rings is 1. The van der Waals surface area contributed by atoms with Crippen LogP contribution in [0.3, 0.4) is 0 Å². The Labute approximate surface area is 130 Å². The third-order valence-electron chi connectivity index (χ3n) is 2.84. The maximum Gasteiger partial charge on any atom is 0.269 e. The van der Waals surface area contributed by atoms with Crippen LogP contribution in [0.1, 0.15) is 20.8 Å². The molecule has 1 aromatic carbocycles. The summed E-state index contributed by atoms with van der Waals surface area (Å²) in [5.41, 5.74) is 5.97. The molecule has 0 radical (unpaired) electrons. The molecule has 2 rings (SSSR count). The highest BCUT2D eigenvalue weighted by molar-refractivity contribution is 7.98. The number of aryl methyl sites for hydroxylation is 1. The SMILES string of the molecule is CSc1ccc(Cl)c(C(=O)Nc2cnn(C)c2C(N)=O)c1. The van der Waals surface area contributed by atoms with Gasteiger partial charge in [0.2, 0.25) is 0 Å². The Morgan fingerprint density at radius 1 is 1.43 bits per heavy atom. The van der Waals surface area contributed by atoms with Gasteiger partial charge in [0.25, 0.3) is 11.8 Å². The quantitative estimate of drug-likeness (QED) is 0.843. The molecule has 0 unspecified atom stereocenters. The summed E-state index contributed by atoms with van der Waals surface area (Å²) in [6.07, 6.45) is 3.27. The number of primary amides is 1. The second kappa shape index (κ2) is 6.19. The smallest absolute Gasteiger partial charge is 0.269 e. The lowest BCUT2D eigenvalue weighted by Crippen LogP contribution is -2.20. The van der Waals surface area contributed by atoms with E-state index in [1.165, 1.54) is 22.6 Å². The first-order valence-electron chi connectivity index (χ1n) is 5.90. The van der Waals surface area contributed by atoms with Crippen LogP contribution in [0.15, 0.2) is 29.3 Å². The van der Waals surface area contributed by atoms with Gasteiger partial charge >= 0.3 is 0 Å². The first kappa shape index (κ1) is 15.4. The van der Waals surface area contributed by atoms with Crippen molar-refractivity contribution in [2.24, 2.45) is 12.8 Å². The van der Waals surface area contributed by atoms with Crippen LogP contribution in [0.2, 0.25) is 5.02 Å². The summed E-state index contributed by atoms with van der Waals surface area (Å²) in [6, 6.07) is 5.16. The fourth-order valence-electron chi connectivity index (χ4n) is 1.82. The number of aromatic nitrogens is 2. The van der Waals surface area contributed by atoms with E-state index in [1.807, 2.05) is 12.3 Å². The van der Waals surface area contributed by atoms with Gasteiger partial charge in [0.15, 0.2) is 0 Å². The molecule has 0 aliphatic heterocycles. The van der Waals surface area contributed by atoms with E-state index in [9.17, 15) is 9.59 Å². The molecule has 110 valence electrons. The van der Waals surface area contributed by atoms with E-state index in [2.05, 4.69) is 10.4 Å². The normalized spacial score (nSPS) is 10.4. The number of nitrogens with two attached hydrogens (primary N) is 1. The molecule has 0 aliphatic carbocycles. The number of halogens is 1. The fourth-order valence-corrected chi connectivity index (χ4v) is 2.46. The number of hydrogen-bond acceptors (Lipinski definition) is 4. The topological polar surface area (TPSA) is 90.0 Å². The van der Waals surface area contributed by atoms with Crippen molar-refractivity contribution in [3.63, 3.8) is 0 Å². The number of anilines is 1. The molecule has 1 heterocycles. The van der Waals surface area contributed by atoms with Gasteiger partial charge in [0.1, 0.15) is 5.69 Å². The largest absolute Gasteiger partial charge is 0.364 e. The molecule has 3 N–H and O–H groups in total. The Bertz CT molecular complexity index is 714. The average Bonchev–Trinajstić information content (AvgIpc) is 2.80. The molecule has 2 amide bonds. The van der Waals surface area contributed by atoms with Crippen LogP contribution in [0.5, 0.6) is 0 Å². The molecule has 21 heavy (non-hydrogen) atoms. The molecule has 0 aliphatic rings. The molecule has 1 aromatic heterocycles. The molecule has 0 atom stereocenters. The number of nitrogens with one attached hydrogen (secondary N) is 1. The third kappa shape index (κ3) is 3.20. The molecule has 0 fully saturated rings. The number of hydrogen-bond donors (Lipinski definition) is 2. The summed E-state index contributed by atoms with van der Waals surface area (Å²) in [5, 5.41) is 6.84. The summed E-state index contributed by atoms with van der Waals surface area (Å²) >= 11 is 7.54. The predicted molar refractivity (Wildman–Crippen MR) is 82.9 cm³/mol. The molecular formula is C13H13ClN4O2S.